The van der Waals surface area contributed by atoms with Gasteiger partial charge in [-0.3, -0.25) is 0 Å². The van der Waals surface area contributed by atoms with Gasteiger partial charge in [0.2, 0.25) is 0 Å². The van der Waals surface area contributed by atoms with E-state index in [1.165, 1.54) is 6.08 Å². The normalized spacial score (nSPS) is 11.6. The van der Waals surface area contributed by atoms with Crippen LogP contribution in [0.25, 0.3) is 0 Å². The molecule has 0 radical (unpaired) electrons. The summed E-state index contributed by atoms with van der Waals surface area (Å²) < 4.78 is 0. The highest BCUT2D eigenvalue weighted by Gasteiger charge is 1.88. The van der Waals surface area contributed by atoms with Crippen molar-refractivity contribution >= 4 is 5.71 Å². The first-order chi connectivity index (χ1) is 4.16. The number of nitrogens with one attached hydrogen (secondary N) is 2. The first-order valence-corrected chi connectivity index (χ1v) is 2.76. The van der Waals surface area contributed by atoms with Crippen LogP contribution in [0.3, 0.4) is 0 Å². The maximum Gasteiger partial charge on any atom is 0.0910 e. The number of hydrogen-bond acceptors (Lipinski definition) is 3. The second-order valence-electron chi connectivity index (χ2n) is 1.84. The number of aliphatic hydroxyl groups is 1. The molecule has 0 spiro atoms. The molecule has 3 nitrogen and oxygen atoms in total. The van der Waals surface area contributed by atoms with Crippen molar-refractivity contribution in [3.63, 3.8) is 0 Å². The van der Waals surface area contributed by atoms with Crippen molar-refractivity contribution in [1.29, 1.82) is 5.41 Å². The zero-order valence-electron chi connectivity index (χ0n) is 5.73. The summed E-state index contributed by atoms with van der Waals surface area (Å²) in [4.78, 5) is 0. The lowest BCUT2D eigenvalue weighted by molar-refractivity contribution is 0.415. The Balaban J connectivity index is 3.63. The first-order valence-electron chi connectivity index (χ1n) is 2.76. The Bertz CT molecular complexity index is 125. The Morgan fingerprint density at radius 3 is 2.67 bits per heavy atom. The molecule has 0 amide bonds. The molecule has 9 heavy (non-hydrogen) atoms. The lowest BCUT2D eigenvalue weighted by Gasteiger charge is -1.94. The second kappa shape index (κ2) is 4.09. The average molecular weight is 128 g/mol. The monoisotopic (exact) mass is 128 g/mol. The minimum atomic E-state index is 0.176. The molecule has 3 heteroatoms. The standard InChI is InChI=1S/C6H12N2O/c1-5(9)3-6(7)4-8-2/h3,7-9H,4H2,1-2H3/b5-3-,7-6?. The smallest absolute Gasteiger partial charge is 0.0910 e. The zero-order valence-corrected chi connectivity index (χ0v) is 5.73. The lowest BCUT2D eigenvalue weighted by Crippen LogP contribution is -2.15. The van der Waals surface area contributed by atoms with E-state index < -0.39 is 0 Å². The maximum atomic E-state index is 8.64. The molecule has 0 heterocycles. The molecule has 0 fully saturated rings. The summed E-state index contributed by atoms with van der Waals surface area (Å²) in [5.41, 5.74) is 0.387. The van der Waals surface area contributed by atoms with Gasteiger partial charge < -0.3 is 15.8 Å². The number of allylic oxidation sites excluding steroid dienone is 1. The summed E-state index contributed by atoms with van der Waals surface area (Å²) in [5.74, 6) is 0.176. The summed E-state index contributed by atoms with van der Waals surface area (Å²) in [7, 11) is 1.76. The van der Waals surface area contributed by atoms with Crippen LogP contribution in [0.15, 0.2) is 11.8 Å². The predicted octanol–water partition coefficient (Wildman–Crippen LogP) is 0.687. The molecule has 0 unspecified atom stereocenters. The van der Waals surface area contributed by atoms with E-state index in [0.29, 0.717) is 12.3 Å². The van der Waals surface area contributed by atoms with E-state index in [2.05, 4.69) is 5.32 Å². The SMILES string of the molecule is CNCC(=N)/C=C(/C)O. The van der Waals surface area contributed by atoms with Crippen molar-refractivity contribution < 1.29 is 5.11 Å². The van der Waals surface area contributed by atoms with Crippen molar-refractivity contribution in [3.8, 4) is 0 Å². The molecule has 0 aromatic heterocycles. The van der Waals surface area contributed by atoms with E-state index in [1.807, 2.05) is 0 Å². The molecule has 0 aliphatic rings. The quantitative estimate of drug-likeness (QED) is 0.387. The zero-order chi connectivity index (χ0) is 7.28. The predicted molar refractivity (Wildman–Crippen MR) is 38.0 cm³/mol. The van der Waals surface area contributed by atoms with Crippen LogP contribution in [-0.2, 0) is 0 Å². The number of rotatable bonds is 3. The van der Waals surface area contributed by atoms with E-state index in [4.69, 9.17) is 10.5 Å². The first kappa shape index (κ1) is 8.17. The van der Waals surface area contributed by atoms with Gasteiger partial charge in [-0.2, -0.15) is 0 Å². The summed E-state index contributed by atoms with van der Waals surface area (Å²) in [6.07, 6.45) is 1.41. The van der Waals surface area contributed by atoms with Crippen LogP contribution in [0.1, 0.15) is 6.92 Å². The van der Waals surface area contributed by atoms with Crippen molar-refractivity contribution in [2.24, 2.45) is 0 Å². The van der Waals surface area contributed by atoms with E-state index >= 15 is 0 Å². The van der Waals surface area contributed by atoms with Gasteiger partial charge in [-0.05, 0) is 20.0 Å². The van der Waals surface area contributed by atoms with Crippen LogP contribution in [0.5, 0.6) is 0 Å². The molecule has 3 N–H and O–H groups in total. The van der Waals surface area contributed by atoms with E-state index in [-0.39, 0.29) is 5.76 Å². The van der Waals surface area contributed by atoms with Crippen LogP contribution in [0, 0.1) is 5.41 Å². The number of hydrogen-bond donors (Lipinski definition) is 3. The third-order valence-corrected chi connectivity index (χ3v) is 0.750. The fraction of sp³-hybridized carbons (Fsp3) is 0.500. The van der Waals surface area contributed by atoms with Gasteiger partial charge in [-0.1, -0.05) is 0 Å². The lowest BCUT2D eigenvalue weighted by atomic mass is 10.3. The molecule has 0 saturated heterocycles. The van der Waals surface area contributed by atoms with Crippen LogP contribution in [0.4, 0.5) is 0 Å². The highest BCUT2D eigenvalue weighted by molar-refractivity contribution is 5.94. The Morgan fingerprint density at radius 2 is 2.33 bits per heavy atom. The Labute approximate surface area is 54.9 Å². The number of aliphatic hydroxyl groups excluding tert-OH is 1. The van der Waals surface area contributed by atoms with Crippen molar-refractivity contribution in [1.82, 2.24) is 5.32 Å². The van der Waals surface area contributed by atoms with Gasteiger partial charge in [0.1, 0.15) is 0 Å². The summed E-state index contributed by atoms with van der Waals surface area (Å²) in [5, 5.41) is 18.6. The van der Waals surface area contributed by atoms with Gasteiger partial charge in [0.25, 0.3) is 0 Å². The molecule has 0 aliphatic carbocycles. The molecule has 0 aromatic carbocycles. The van der Waals surface area contributed by atoms with Crippen LogP contribution >= 0.6 is 0 Å². The second-order valence-corrected chi connectivity index (χ2v) is 1.84. The maximum absolute atomic E-state index is 8.64. The van der Waals surface area contributed by atoms with Gasteiger partial charge in [-0.25, -0.2) is 0 Å². The molecule has 0 rings (SSSR count). The van der Waals surface area contributed by atoms with Crippen LogP contribution in [0.2, 0.25) is 0 Å². The van der Waals surface area contributed by atoms with Gasteiger partial charge in [-0.15, -0.1) is 0 Å². The Hall–Kier alpha value is -0.830. The molecular formula is C6H12N2O. The van der Waals surface area contributed by atoms with Crippen molar-refractivity contribution in [2.45, 2.75) is 6.92 Å². The fourth-order valence-corrected chi connectivity index (χ4v) is 0.494. The molecule has 0 saturated carbocycles. The van der Waals surface area contributed by atoms with Gasteiger partial charge in [0.05, 0.1) is 5.76 Å². The molecule has 0 aromatic rings. The molecule has 0 bridgehead atoms. The van der Waals surface area contributed by atoms with Crippen LogP contribution < -0.4 is 5.32 Å². The van der Waals surface area contributed by atoms with E-state index in [1.54, 1.807) is 14.0 Å². The Kier molecular flexibility index (Phi) is 3.71. The largest absolute Gasteiger partial charge is 0.513 e. The minimum absolute atomic E-state index is 0.176. The summed E-state index contributed by atoms with van der Waals surface area (Å²) in [6.45, 7) is 2.04. The van der Waals surface area contributed by atoms with E-state index in [9.17, 15) is 0 Å². The van der Waals surface area contributed by atoms with Gasteiger partial charge in [0.15, 0.2) is 0 Å². The fourth-order valence-electron chi connectivity index (χ4n) is 0.494. The molecule has 52 valence electrons. The third kappa shape index (κ3) is 5.03. The van der Waals surface area contributed by atoms with E-state index in [0.717, 1.165) is 0 Å². The molecule has 0 atom stereocenters. The molecule has 0 aliphatic heterocycles. The topological polar surface area (TPSA) is 56.1 Å². The summed E-state index contributed by atoms with van der Waals surface area (Å²) in [6, 6.07) is 0. The van der Waals surface area contributed by atoms with Crippen molar-refractivity contribution in [3.05, 3.63) is 11.8 Å². The Morgan fingerprint density at radius 1 is 1.78 bits per heavy atom. The van der Waals surface area contributed by atoms with Gasteiger partial charge in [0, 0.05) is 12.3 Å². The average Bonchev–Trinajstić information content (AvgIpc) is 1.63. The highest BCUT2D eigenvalue weighted by Crippen LogP contribution is 1.83. The minimum Gasteiger partial charge on any atom is -0.513 e. The molecular weight excluding hydrogens is 116 g/mol. The third-order valence-electron chi connectivity index (χ3n) is 0.750. The highest BCUT2D eigenvalue weighted by atomic mass is 16.3. The van der Waals surface area contributed by atoms with Gasteiger partial charge >= 0.3 is 0 Å². The summed E-state index contributed by atoms with van der Waals surface area (Å²) >= 11 is 0. The van der Waals surface area contributed by atoms with Crippen molar-refractivity contribution in [2.75, 3.05) is 13.6 Å². The van der Waals surface area contributed by atoms with Crippen LogP contribution in [-0.4, -0.2) is 24.4 Å².